The van der Waals surface area contributed by atoms with Gasteiger partial charge in [0.25, 0.3) is 0 Å². The molecule has 160 valence electrons. The molecule has 7 heteroatoms. The quantitative estimate of drug-likeness (QED) is 0.278. The van der Waals surface area contributed by atoms with Crippen molar-refractivity contribution in [2.45, 2.75) is 39.9 Å². The average Bonchev–Trinajstić information content (AvgIpc) is 3.20. The first-order valence-electron chi connectivity index (χ1n) is 10.1. The maximum absolute atomic E-state index is 4.87. The average molecular weight is 518 g/mol. The first-order chi connectivity index (χ1) is 14.2. The fourth-order valence-electron chi connectivity index (χ4n) is 3.21. The maximum atomic E-state index is 4.87. The van der Waals surface area contributed by atoms with Crippen LogP contribution in [0.4, 0.5) is 0 Å². The number of halogens is 1. The number of aromatic nitrogens is 3. The van der Waals surface area contributed by atoms with E-state index in [0.29, 0.717) is 6.54 Å². The molecular formula is C23H31IN6. The molecule has 3 aromatic rings. The Labute approximate surface area is 196 Å². The Morgan fingerprint density at radius 3 is 2.57 bits per heavy atom. The fraction of sp³-hybridized carbons (Fsp3) is 0.348. The Morgan fingerprint density at radius 2 is 1.83 bits per heavy atom. The largest absolute Gasteiger partial charge is 0.354 e. The van der Waals surface area contributed by atoms with Gasteiger partial charge in [-0.05, 0) is 23.6 Å². The zero-order valence-corrected chi connectivity index (χ0v) is 20.3. The third-order valence-corrected chi connectivity index (χ3v) is 4.93. The third kappa shape index (κ3) is 6.83. The van der Waals surface area contributed by atoms with Crippen LogP contribution in [0.3, 0.4) is 0 Å². The van der Waals surface area contributed by atoms with Gasteiger partial charge in [-0.1, -0.05) is 61.5 Å². The number of benzene rings is 2. The zero-order chi connectivity index (χ0) is 20.5. The van der Waals surface area contributed by atoms with Crippen LogP contribution in [0, 0.1) is 6.92 Å². The summed E-state index contributed by atoms with van der Waals surface area (Å²) in [5, 5.41) is 11.7. The van der Waals surface area contributed by atoms with Crippen LogP contribution in [-0.4, -0.2) is 39.2 Å². The van der Waals surface area contributed by atoms with E-state index in [-0.39, 0.29) is 24.0 Å². The molecule has 0 saturated heterocycles. The lowest BCUT2D eigenvalue weighted by molar-refractivity contribution is 0.469. The highest BCUT2D eigenvalue weighted by atomic mass is 127. The van der Waals surface area contributed by atoms with Crippen LogP contribution < -0.4 is 5.32 Å². The predicted molar refractivity (Wildman–Crippen MR) is 133 cm³/mol. The van der Waals surface area contributed by atoms with Crippen LogP contribution >= 0.6 is 24.0 Å². The Morgan fingerprint density at radius 1 is 1.10 bits per heavy atom. The summed E-state index contributed by atoms with van der Waals surface area (Å²) in [5.74, 6) is 1.89. The first kappa shape index (κ1) is 23.9. The van der Waals surface area contributed by atoms with Crippen LogP contribution in [0.1, 0.15) is 29.4 Å². The molecule has 2 aromatic carbocycles. The Bertz CT molecular complexity index is 922. The van der Waals surface area contributed by atoms with Crippen molar-refractivity contribution in [3.8, 4) is 0 Å². The molecular weight excluding hydrogens is 487 g/mol. The Balaban J connectivity index is 0.00000320. The summed E-state index contributed by atoms with van der Waals surface area (Å²) < 4.78 is 2.09. The number of guanidine groups is 1. The van der Waals surface area contributed by atoms with E-state index in [4.69, 9.17) is 4.99 Å². The number of hydrogen-bond donors (Lipinski definition) is 1. The fourth-order valence-corrected chi connectivity index (χ4v) is 3.21. The zero-order valence-electron chi connectivity index (χ0n) is 18.0. The minimum Gasteiger partial charge on any atom is -0.354 e. The summed E-state index contributed by atoms with van der Waals surface area (Å²) in [4.78, 5) is 7.05. The van der Waals surface area contributed by atoms with Gasteiger partial charge in [-0.15, -0.1) is 34.2 Å². The van der Waals surface area contributed by atoms with E-state index in [9.17, 15) is 0 Å². The van der Waals surface area contributed by atoms with Crippen LogP contribution in [0.2, 0.25) is 0 Å². The summed E-state index contributed by atoms with van der Waals surface area (Å²) in [7, 11) is 2.08. The van der Waals surface area contributed by atoms with E-state index >= 15 is 0 Å². The minimum atomic E-state index is 0. The summed E-state index contributed by atoms with van der Waals surface area (Å²) in [5.41, 5.74) is 3.79. The van der Waals surface area contributed by atoms with Gasteiger partial charge in [0, 0.05) is 33.1 Å². The SMILES string of the molecule is CCc1nncn1CCNC(=NCc1ccccc1)N(C)Cc1ccccc1C.I. The number of rotatable bonds is 8. The number of aryl methyl sites for hydroxylation is 2. The summed E-state index contributed by atoms with van der Waals surface area (Å²) in [6, 6.07) is 18.8. The highest BCUT2D eigenvalue weighted by Gasteiger charge is 2.09. The normalized spacial score (nSPS) is 11.1. The molecule has 3 rings (SSSR count). The highest BCUT2D eigenvalue weighted by molar-refractivity contribution is 14.0. The second-order valence-corrected chi connectivity index (χ2v) is 7.13. The van der Waals surface area contributed by atoms with Crippen LogP contribution in [0.15, 0.2) is 65.9 Å². The van der Waals surface area contributed by atoms with Crippen LogP contribution in [0.5, 0.6) is 0 Å². The second-order valence-electron chi connectivity index (χ2n) is 7.13. The van der Waals surface area contributed by atoms with Gasteiger partial charge >= 0.3 is 0 Å². The van der Waals surface area contributed by atoms with Gasteiger partial charge in [-0.2, -0.15) is 0 Å². The van der Waals surface area contributed by atoms with Crippen LogP contribution in [0.25, 0.3) is 0 Å². The van der Waals surface area contributed by atoms with Crippen molar-refractivity contribution in [2.75, 3.05) is 13.6 Å². The van der Waals surface area contributed by atoms with Gasteiger partial charge in [0.05, 0.1) is 6.54 Å². The molecule has 6 nitrogen and oxygen atoms in total. The van der Waals surface area contributed by atoms with E-state index < -0.39 is 0 Å². The molecule has 0 aliphatic rings. The second kappa shape index (κ2) is 12.3. The monoisotopic (exact) mass is 518 g/mol. The van der Waals surface area contributed by atoms with Crippen molar-refractivity contribution >= 4 is 29.9 Å². The molecule has 0 saturated carbocycles. The third-order valence-electron chi connectivity index (χ3n) is 4.93. The van der Waals surface area contributed by atoms with Crippen molar-refractivity contribution in [2.24, 2.45) is 4.99 Å². The van der Waals surface area contributed by atoms with Gasteiger partial charge < -0.3 is 14.8 Å². The summed E-state index contributed by atoms with van der Waals surface area (Å²) in [6.45, 7) is 7.26. The molecule has 0 fully saturated rings. The lowest BCUT2D eigenvalue weighted by Gasteiger charge is -2.23. The van der Waals surface area contributed by atoms with Gasteiger partial charge in [0.15, 0.2) is 5.96 Å². The Hall–Kier alpha value is -2.42. The summed E-state index contributed by atoms with van der Waals surface area (Å²) in [6.07, 6.45) is 2.67. The number of hydrogen-bond acceptors (Lipinski definition) is 3. The summed E-state index contributed by atoms with van der Waals surface area (Å²) >= 11 is 0. The molecule has 1 aromatic heterocycles. The lowest BCUT2D eigenvalue weighted by Crippen LogP contribution is -2.40. The Kier molecular flexibility index (Phi) is 9.79. The topological polar surface area (TPSA) is 58.3 Å². The molecule has 0 bridgehead atoms. The molecule has 0 aliphatic heterocycles. The maximum Gasteiger partial charge on any atom is 0.194 e. The van der Waals surface area contributed by atoms with E-state index in [1.54, 1.807) is 6.33 Å². The molecule has 0 spiro atoms. The van der Waals surface area contributed by atoms with Crippen molar-refractivity contribution in [3.63, 3.8) is 0 Å². The van der Waals surface area contributed by atoms with Gasteiger partial charge in [0.1, 0.15) is 12.2 Å². The van der Waals surface area contributed by atoms with Gasteiger partial charge in [-0.3, -0.25) is 0 Å². The highest BCUT2D eigenvalue weighted by Crippen LogP contribution is 2.10. The number of aliphatic imine (C=N–C) groups is 1. The van der Waals surface area contributed by atoms with Crippen molar-refractivity contribution in [3.05, 3.63) is 83.4 Å². The first-order valence-corrected chi connectivity index (χ1v) is 10.1. The van der Waals surface area contributed by atoms with Crippen molar-refractivity contribution in [1.82, 2.24) is 25.0 Å². The van der Waals surface area contributed by atoms with E-state index in [1.807, 2.05) is 18.2 Å². The molecule has 0 amide bonds. The molecule has 30 heavy (non-hydrogen) atoms. The van der Waals surface area contributed by atoms with E-state index in [1.165, 1.54) is 16.7 Å². The standard InChI is InChI=1S/C23H30N6.HI/c1-4-22-27-26-18-29(22)15-14-24-23(25-16-20-11-6-5-7-12-20)28(3)17-21-13-9-8-10-19(21)2;/h5-13,18H,4,14-17H2,1-3H3,(H,24,25);1H. The molecule has 0 aliphatic carbocycles. The minimum absolute atomic E-state index is 0. The molecule has 1 N–H and O–H groups in total. The van der Waals surface area contributed by atoms with E-state index in [2.05, 4.69) is 82.3 Å². The molecule has 1 heterocycles. The van der Waals surface area contributed by atoms with Gasteiger partial charge in [-0.25, -0.2) is 4.99 Å². The number of nitrogens with one attached hydrogen (secondary N) is 1. The van der Waals surface area contributed by atoms with Crippen molar-refractivity contribution < 1.29 is 0 Å². The van der Waals surface area contributed by atoms with Crippen LogP contribution in [-0.2, 0) is 26.1 Å². The smallest absolute Gasteiger partial charge is 0.194 e. The van der Waals surface area contributed by atoms with Crippen molar-refractivity contribution in [1.29, 1.82) is 0 Å². The molecule has 0 unspecified atom stereocenters. The predicted octanol–water partition coefficient (Wildman–Crippen LogP) is 4.04. The van der Waals surface area contributed by atoms with Gasteiger partial charge in [0.2, 0.25) is 0 Å². The molecule has 0 atom stereocenters. The molecule has 0 radical (unpaired) electrons. The van der Waals surface area contributed by atoms with E-state index in [0.717, 1.165) is 37.8 Å². The lowest BCUT2D eigenvalue weighted by atomic mass is 10.1. The number of nitrogens with zero attached hydrogens (tertiary/aromatic N) is 5.